The van der Waals surface area contributed by atoms with E-state index in [1.54, 1.807) is 35.2 Å². The van der Waals surface area contributed by atoms with E-state index in [1.807, 2.05) is 18.2 Å². The van der Waals surface area contributed by atoms with Crippen LogP contribution in [0.5, 0.6) is 0 Å². The predicted molar refractivity (Wildman–Crippen MR) is 119 cm³/mol. The molecule has 30 heavy (non-hydrogen) atoms. The summed E-state index contributed by atoms with van der Waals surface area (Å²) in [5.74, 6) is -0.129. The van der Waals surface area contributed by atoms with Crippen LogP contribution in [0.25, 0.3) is 0 Å². The number of aromatic nitrogens is 1. The second-order valence-corrected chi connectivity index (χ2v) is 7.73. The Hall–Kier alpha value is -3.38. The van der Waals surface area contributed by atoms with Crippen LogP contribution in [0.4, 0.5) is 17.1 Å². The Labute approximate surface area is 179 Å². The van der Waals surface area contributed by atoms with E-state index >= 15 is 0 Å². The number of anilines is 3. The maximum Gasteiger partial charge on any atom is 0.276 e. The molecule has 6 nitrogen and oxygen atoms in total. The number of carbonyl (C=O) groups excluding carboxylic acids is 2. The lowest BCUT2D eigenvalue weighted by molar-refractivity contribution is -0.117. The fourth-order valence-electron chi connectivity index (χ4n) is 3.70. The van der Waals surface area contributed by atoms with Crippen LogP contribution in [0, 0.1) is 5.92 Å². The molecule has 1 aromatic heterocycles. The minimum absolute atomic E-state index is 0.0517. The summed E-state index contributed by atoms with van der Waals surface area (Å²) in [6.07, 6.45) is 2.84. The molecule has 152 valence electrons. The van der Waals surface area contributed by atoms with Gasteiger partial charge in [0.05, 0.1) is 16.4 Å². The van der Waals surface area contributed by atoms with Crippen molar-refractivity contribution in [1.82, 2.24) is 4.98 Å². The van der Waals surface area contributed by atoms with Gasteiger partial charge in [0, 0.05) is 24.8 Å². The van der Waals surface area contributed by atoms with Gasteiger partial charge in [-0.15, -0.1) is 0 Å². The van der Waals surface area contributed by atoms with Crippen LogP contribution >= 0.6 is 11.6 Å². The van der Waals surface area contributed by atoms with Gasteiger partial charge in [-0.25, -0.2) is 4.98 Å². The van der Waals surface area contributed by atoms with Crippen LogP contribution < -0.4 is 16.0 Å². The number of benzene rings is 2. The van der Waals surface area contributed by atoms with Crippen molar-refractivity contribution in [2.45, 2.75) is 12.8 Å². The van der Waals surface area contributed by atoms with Gasteiger partial charge in [-0.3, -0.25) is 9.59 Å². The standard InChI is InChI=1S/C23H21ClN4O2/c24-18-13-17(27-23(30)22-19(25)7-4-10-26-22)8-9-20(18)28-14-16(12-21(28)29)11-15-5-2-1-3-6-15/h1-10,13,16H,11-12,14,25H2,(H,27,30). The highest BCUT2D eigenvalue weighted by atomic mass is 35.5. The van der Waals surface area contributed by atoms with E-state index in [4.69, 9.17) is 17.3 Å². The number of pyridine rings is 1. The molecule has 1 unspecified atom stereocenters. The molecule has 7 heteroatoms. The Kier molecular flexibility index (Phi) is 5.68. The van der Waals surface area contributed by atoms with Crippen LogP contribution in [-0.4, -0.2) is 23.3 Å². The Balaban J connectivity index is 1.46. The summed E-state index contributed by atoms with van der Waals surface area (Å²) in [6.45, 7) is 0.615. The monoisotopic (exact) mass is 420 g/mol. The fourth-order valence-corrected chi connectivity index (χ4v) is 3.98. The molecule has 0 spiro atoms. The maximum atomic E-state index is 12.6. The van der Waals surface area contributed by atoms with Crippen LogP contribution in [0.1, 0.15) is 22.5 Å². The maximum absolute atomic E-state index is 12.6. The first-order valence-electron chi connectivity index (χ1n) is 9.67. The molecule has 1 aliphatic heterocycles. The molecule has 0 saturated carbocycles. The van der Waals surface area contributed by atoms with Gasteiger partial charge in [-0.1, -0.05) is 41.9 Å². The molecule has 0 radical (unpaired) electrons. The molecular weight excluding hydrogens is 400 g/mol. The van der Waals surface area contributed by atoms with Crippen molar-refractivity contribution in [2.75, 3.05) is 22.5 Å². The summed E-state index contributed by atoms with van der Waals surface area (Å²) >= 11 is 6.46. The number of halogens is 1. The topological polar surface area (TPSA) is 88.3 Å². The molecule has 2 amide bonds. The molecule has 3 N–H and O–H groups in total. The zero-order valence-corrected chi connectivity index (χ0v) is 17.0. The average molecular weight is 421 g/mol. The van der Waals surface area contributed by atoms with E-state index < -0.39 is 5.91 Å². The SMILES string of the molecule is Nc1cccnc1C(=O)Nc1ccc(N2CC(Cc3ccccc3)CC2=O)c(Cl)c1. The van der Waals surface area contributed by atoms with Crippen molar-refractivity contribution < 1.29 is 9.59 Å². The number of amides is 2. The zero-order chi connectivity index (χ0) is 21.1. The zero-order valence-electron chi connectivity index (χ0n) is 16.2. The first-order chi connectivity index (χ1) is 14.5. The van der Waals surface area contributed by atoms with Gasteiger partial charge in [0.2, 0.25) is 5.91 Å². The molecule has 0 bridgehead atoms. The van der Waals surface area contributed by atoms with E-state index in [-0.39, 0.29) is 17.5 Å². The van der Waals surface area contributed by atoms with Crippen LogP contribution in [0.2, 0.25) is 5.02 Å². The van der Waals surface area contributed by atoms with Gasteiger partial charge in [-0.2, -0.15) is 0 Å². The lowest BCUT2D eigenvalue weighted by atomic mass is 9.99. The van der Waals surface area contributed by atoms with Crippen molar-refractivity contribution in [3.05, 3.63) is 83.1 Å². The molecule has 0 aliphatic carbocycles. The number of hydrogen-bond donors (Lipinski definition) is 2. The molecule has 1 atom stereocenters. The third kappa shape index (κ3) is 4.28. The smallest absolute Gasteiger partial charge is 0.276 e. The van der Waals surface area contributed by atoms with Crippen molar-refractivity contribution in [3.8, 4) is 0 Å². The van der Waals surface area contributed by atoms with Crippen molar-refractivity contribution in [3.63, 3.8) is 0 Å². The summed E-state index contributed by atoms with van der Waals surface area (Å²) in [5, 5.41) is 3.14. The largest absolute Gasteiger partial charge is 0.397 e. The first kappa shape index (κ1) is 19.9. The second kappa shape index (κ2) is 8.55. The van der Waals surface area contributed by atoms with E-state index in [9.17, 15) is 9.59 Å². The molecule has 4 rings (SSSR count). The molecule has 2 aromatic carbocycles. The molecule has 1 aliphatic rings. The van der Waals surface area contributed by atoms with E-state index in [1.165, 1.54) is 11.8 Å². The lowest BCUT2D eigenvalue weighted by Crippen LogP contribution is -2.25. The summed E-state index contributed by atoms with van der Waals surface area (Å²) < 4.78 is 0. The van der Waals surface area contributed by atoms with Crippen molar-refractivity contribution in [2.24, 2.45) is 5.92 Å². The van der Waals surface area contributed by atoms with E-state index in [2.05, 4.69) is 22.4 Å². The number of nitrogens with two attached hydrogens (primary N) is 1. The number of nitrogens with one attached hydrogen (secondary N) is 1. The van der Waals surface area contributed by atoms with Gasteiger partial charge in [-0.05, 0) is 48.2 Å². The minimum Gasteiger partial charge on any atom is -0.397 e. The number of nitrogen functional groups attached to an aromatic ring is 1. The van der Waals surface area contributed by atoms with Gasteiger partial charge in [0.15, 0.2) is 5.69 Å². The second-order valence-electron chi connectivity index (χ2n) is 7.33. The van der Waals surface area contributed by atoms with Gasteiger partial charge in [0.25, 0.3) is 5.91 Å². The molecule has 3 aromatic rings. The highest BCUT2D eigenvalue weighted by Gasteiger charge is 2.31. The van der Waals surface area contributed by atoms with Crippen LogP contribution in [0.15, 0.2) is 66.9 Å². The molecule has 1 saturated heterocycles. The van der Waals surface area contributed by atoms with Crippen LogP contribution in [-0.2, 0) is 11.2 Å². The number of rotatable bonds is 5. The molecular formula is C23H21ClN4O2. The van der Waals surface area contributed by atoms with Crippen molar-refractivity contribution in [1.29, 1.82) is 0 Å². The quantitative estimate of drug-likeness (QED) is 0.648. The van der Waals surface area contributed by atoms with Crippen LogP contribution in [0.3, 0.4) is 0 Å². The van der Waals surface area contributed by atoms with Crippen molar-refractivity contribution >= 4 is 40.5 Å². The highest BCUT2D eigenvalue weighted by Crippen LogP contribution is 2.34. The van der Waals surface area contributed by atoms with Gasteiger partial charge >= 0.3 is 0 Å². The Morgan fingerprint density at radius 3 is 2.70 bits per heavy atom. The third-order valence-electron chi connectivity index (χ3n) is 5.12. The number of carbonyl (C=O) groups is 2. The normalized spacial score (nSPS) is 16.0. The average Bonchev–Trinajstić information content (AvgIpc) is 3.09. The van der Waals surface area contributed by atoms with Gasteiger partial charge < -0.3 is 16.0 Å². The number of hydrogen-bond acceptors (Lipinski definition) is 4. The minimum atomic E-state index is -0.419. The Morgan fingerprint density at radius 2 is 1.97 bits per heavy atom. The van der Waals surface area contributed by atoms with E-state index in [0.717, 1.165) is 6.42 Å². The summed E-state index contributed by atoms with van der Waals surface area (Å²) in [7, 11) is 0. The predicted octanol–water partition coefficient (Wildman–Crippen LogP) is 4.17. The fraction of sp³-hybridized carbons (Fsp3) is 0.174. The van der Waals surface area contributed by atoms with Gasteiger partial charge in [0.1, 0.15) is 0 Å². The Morgan fingerprint density at radius 1 is 1.17 bits per heavy atom. The summed E-state index contributed by atoms with van der Waals surface area (Å²) in [6, 6.07) is 18.5. The summed E-state index contributed by atoms with van der Waals surface area (Å²) in [4.78, 5) is 30.7. The Bertz CT molecular complexity index is 1090. The highest BCUT2D eigenvalue weighted by molar-refractivity contribution is 6.34. The number of nitrogens with zero attached hydrogens (tertiary/aromatic N) is 2. The summed E-state index contributed by atoms with van der Waals surface area (Å²) in [5.41, 5.74) is 8.62. The molecule has 2 heterocycles. The van der Waals surface area contributed by atoms with E-state index in [0.29, 0.717) is 35.1 Å². The lowest BCUT2D eigenvalue weighted by Gasteiger charge is -2.19. The first-order valence-corrected chi connectivity index (χ1v) is 10.0. The third-order valence-corrected chi connectivity index (χ3v) is 5.43. The molecule has 1 fully saturated rings.